The molecule has 0 aromatic heterocycles. The van der Waals surface area contributed by atoms with Gasteiger partial charge in [-0.3, -0.25) is 14.9 Å². The maximum Gasteiger partial charge on any atom is 0.308 e. The Morgan fingerprint density at radius 2 is 1.57 bits per heavy atom. The van der Waals surface area contributed by atoms with Gasteiger partial charge in [0.05, 0.1) is 42.5 Å². The van der Waals surface area contributed by atoms with Crippen LogP contribution >= 0.6 is 0 Å². The van der Waals surface area contributed by atoms with Gasteiger partial charge in [-0.15, -0.1) is 0 Å². The van der Waals surface area contributed by atoms with Crippen molar-refractivity contribution in [1.82, 2.24) is 0 Å². The van der Waals surface area contributed by atoms with Crippen molar-refractivity contribution >= 4 is 34.4 Å². The molecule has 3 rings (SSSR count). The third-order valence-corrected chi connectivity index (χ3v) is 5.36. The number of ether oxygens (including phenoxy) is 2. The number of esters is 1. The highest BCUT2D eigenvalue weighted by atomic mass is 16.6. The number of non-ortho nitro benzene ring substituents is 1. The lowest BCUT2D eigenvalue weighted by Gasteiger charge is -2.23. The third kappa shape index (κ3) is 9.69. The molecule has 0 amide bonds. The molecule has 0 radical (unpaired) electrons. The van der Waals surface area contributed by atoms with Crippen LogP contribution in [0.5, 0.6) is 0 Å². The fraction of sp³-hybridized carbons (Fsp3) is 0.296. The number of benzene rings is 3. The summed E-state index contributed by atoms with van der Waals surface area (Å²) >= 11 is 0. The number of nitrogens with one attached hydrogen (secondary N) is 1. The first-order chi connectivity index (χ1) is 18.0. The van der Waals surface area contributed by atoms with Crippen molar-refractivity contribution in [2.75, 3.05) is 49.7 Å². The van der Waals surface area contributed by atoms with E-state index >= 15 is 0 Å². The molecule has 0 aliphatic rings. The number of hydrogen-bond acceptors (Lipinski definition) is 9. The Labute approximate surface area is 216 Å². The van der Waals surface area contributed by atoms with Crippen LogP contribution in [0.2, 0.25) is 0 Å². The van der Waals surface area contributed by atoms with Gasteiger partial charge in [-0.05, 0) is 55.5 Å². The Balaban J connectivity index is 1.33. The minimum absolute atomic E-state index is 0.00838. The first-order valence-electron chi connectivity index (χ1n) is 12.1. The highest BCUT2D eigenvalue weighted by Crippen LogP contribution is 2.23. The summed E-state index contributed by atoms with van der Waals surface area (Å²) in [6, 6.07) is 23.3. The molecular weight excluding hydrogens is 474 g/mol. The Morgan fingerprint density at radius 1 is 0.919 bits per heavy atom. The van der Waals surface area contributed by atoms with Crippen LogP contribution < -0.4 is 10.2 Å². The normalized spacial score (nSPS) is 10.8. The van der Waals surface area contributed by atoms with E-state index in [9.17, 15) is 14.9 Å². The van der Waals surface area contributed by atoms with Crippen molar-refractivity contribution in [2.45, 2.75) is 13.3 Å². The molecule has 0 spiro atoms. The zero-order valence-corrected chi connectivity index (χ0v) is 20.8. The molecule has 10 nitrogen and oxygen atoms in total. The Bertz CT molecular complexity index is 1140. The number of para-hydroxylation sites is 1. The van der Waals surface area contributed by atoms with Crippen LogP contribution in [0.3, 0.4) is 0 Å². The van der Waals surface area contributed by atoms with Crippen molar-refractivity contribution in [3.63, 3.8) is 0 Å². The van der Waals surface area contributed by atoms with Gasteiger partial charge in [-0.2, -0.15) is 10.2 Å². The average molecular weight is 506 g/mol. The minimum Gasteiger partial charge on any atom is -0.464 e. The summed E-state index contributed by atoms with van der Waals surface area (Å²) in [5.74, 6) is -0.283. The largest absolute Gasteiger partial charge is 0.464 e. The summed E-state index contributed by atoms with van der Waals surface area (Å²) in [6.07, 6.45) is 0.214. The molecule has 194 valence electrons. The highest BCUT2D eigenvalue weighted by Gasteiger charge is 2.08. The van der Waals surface area contributed by atoms with E-state index in [2.05, 4.69) is 20.4 Å². The maximum atomic E-state index is 12.0. The second-order valence-corrected chi connectivity index (χ2v) is 7.95. The van der Waals surface area contributed by atoms with E-state index in [-0.39, 0.29) is 24.7 Å². The van der Waals surface area contributed by atoms with Crippen molar-refractivity contribution in [3.05, 3.63) is 89.0 Å². The number of carbonyl (C=O) groups excluding carboxylic acids is 1. The van der Waals surface area contributed by atoms with Gasteiger partial charge in [0, 0.05) is 36.6 Å². The number of anilines is 2. The summed E-state index contributed by atoms with van der Waals surface area (Å²) in [4.78, 5) is 24.4. The van der Waals surface area contributed by atoms with Gasteiger partial charge < -0.3 is 19.7 Å². The van der Waals surface area contributed by atoms with Gasteiger partial charge in [0.2, 0.25) is 0 Å². The Hall–Kier alpha value is -4.31. The standard InChI is InChI=1S/C27H31N5O5/c1-2-31(18-21-37-27(33)16-19-36-20-17-28-22-6-4-3-5-7-22)25-12-8-23(9-13-25)29-30-24-10-14-26(15-11-24)32(34)35/h3-15,28H,2,16-21H2,1H3. The number of rotatable bonds is 15. The first-order valence-corrected chi connectivity index (χ1v) is 12.1. The Kier molecular flexibility index (Phi) is 11.0. The summed E-state index contributed by atoms with van der Waals surface area (Å²) in [6.45, 7) is 5.12. The molecule has 0 saturated carbocycles. The van der Waals surface area contributed by atoms with Gasteiger partial charge in [0.15, 0.2) is 0 Å². The van der Waals surface area contributed by atoms with E-state index in [0.29, 0.717) is 37.7 Å². The quantitative estimate of drug-likeness (QED) is 0.0898. The average Bonchev–Trinajstić information content (AvgIpc) is 2.93. The summed E-state index contributed by atoms with van der Waals surface area (Å²) < 4.78 is 10.9. The summed E-state index contributed by atoms with van der Waals surface area (Å²) in [5, 5.41) is 22.3. The van der Waals surface area contributed by atoms with Gasteiger partial charge in [-0.25, -0.2) is 0 Å². The number of carbonyl (C=O) groups is 1. The van der Waals surface area contributed by atoms with E-state index in [4.69, 9.17) is 9.47 Å². The maximum absolute atomic E-state index is 12.0. The molecule has 0 unspecified atom stereocenters. The molecule has 3 aromatic carbocycles. The SMILES string of the molecule is CCN(CCOC(=O)CCOCCNc1ccccc1)c1ccc(N=Nc2ccc([N+](=O)[O-])cc2)cc1. The predicted molar refractivity (Wildman–Crippen MR) is 143 cm³/mol. The number of nitro benzene ring substituents is 1. The lowest BCUT2D eigenvalue weighted by atomic mass is 10.2. The van der Waals surface area contributed by atoms with Crippen LogP contribution in [0.25, 0.3) is 0 Å². The zero-order chi connectivity index (χ0) is 26.3. The summed E-state index contributed by atoms with van der Waals surface area (Å²) in [7, 11) is 0. The van der Waals surface area contributed by atoms with Gasteiger partial charge in [-0.1, -0.05) is 18.2 Å². The minimum atomic E-state index is -0.457. The topological polar surface area (TPSA) is 119 Å². The molecule has 0 fully saturated rings. The van der Waals surface area contributed by atoms with Crippen LogP contribution in [-0.2, 0) is 14.3 Å². The third-order valence-electron chi connectivity index (χ3n) is 5.36. The molecule has 0 aliphatic heterocycles. The van der Waals surface area contributed by atoms with Gasteiger partial charge >= 0.3 is 5.97 Å². The molecule has 0 atom stereocenters. The van der Waals surface area contributed by atoms with E-state index in [0.717, 1.165) is 17.9 Å². The van der Waals surface area contributed by atoms with Crippen molar-refractivity contribution in [1.29, 1.82) is 0 Å². The molecule has 0 heterocycles. The van der Waals surface area contributed by atoms with Crippen LogP contribution in [0.1, 0.15) is 13.3 Å². The molecule has 0 aliphatic carbocycles. The lowest BCUT2D eigenvalue weighted by molar-refractivity contribution is -0.384. The molecule has 1 N–H and O–H groups in total. The second-order valence-electron chi connectivity index (χ2n) is 7.95. The van der Waals surface area contributed by atoms with Crippen molar-refractivity contribution in [2.24, 2.45) is 10.2 Å². The van der Waals surface area contributed by atoms with E-state index in [1.165, 1.54) is 12.1 Å². The second kappa shape index (κ2) is 14.9. The number of azo groups is 1. The molecule has 10 heteroatoms. The predicted octanol–water partition coefficient (Wildman–Crippen LogP) is 5.90. The first kappa shape index (κ1) is 27.3. The Morgan fingerprint density at radius 3 is 2.19 bits per heavy atom. The molecule has 37 heavy (non-hydrogen) atoms. The van der Waals surface area contributed by atoms with Gasteiger partial charge in [0.1, 0.15) is 6.61 Å². The number of nitro groups is 1. The fourth-order valence-corrected chi connectivity index (χ4v) is 3.38. The zero-order valence-electron chi connectivity index (χ0n) is 20.8. The van der Waals surface area contributed by atoms with Crippen LogP contribution in [-0.4, -0.2) is 50.3 Å². The number of nitrogens with zero attached hydrogens (tertiary/aromatic N) is 4. The van der Waals surface area contributed by atoms with Crippen LogP contribution in [0, 0.1) is 10.1 Å². The van der Waals surface area contributed by atoms with Crippen LogP contribution in [0.4, 0.5) is 28.4 Å². The lowest BCUT2D eigenvalue weighted by Crippen LogP contribution is -2.28. The van der Waals surface area contributed by atoms with E-state index < -0.39 is 4.92 Å². The number of hydrogen-bond donors (Lipinski definition) is 1. The van der Waals surface area contributed by atoms with E-state index in [1.54, 1.807) is 12.1 Å². The smallest absolute Gasteiger partial charge is 0.308 e. The monoisotopic (exact) mass is 505 g/mol. The van der Waals surface area contributed by atoms with Crippen molar-refractivity contribution in [3.8, 4) is 0 Å². The fourth-order valence-electron chi connectivity index (χ4n) is 3.38. The van der Waals surface area contributed by atoms with Gasteiger partial charge in [0.25, 0.3) is 5.69 Å². The number of likely N-dealkylation sites (N-methyl/N-ethyl adjacent to an activating group) is 1. The molecular formula is C27H31N5O5. The molecule has 0 saturated heterocycles. The van der Waals surface area contributed by atoms with Crippen LogP contribution in [0.15, 0.2) is 89.1 Å². The van der Waals surface area contributed by atoms with Crippen molar-refractivity contribution < 1.29 is 19.2 Å². The molecule has 3 aromatic rings. The highest BCUT2D eigenvalue weighted by molar-refractivity contribution is 5.69. The summed E-state index contributed by atoms with van der Waals surface area (Å²) in [5.41, 5.74) is 3.20. The molecule has 0 bridgehead atoms. The van der Waals surface area contributed by atoms with E-state index in [1.807, 2.05) is 61.5 Å².